The maximum atomic E-state index is 5.44. The topological polar surface area (TPSA) is 63.2 Å². The van der Waals surface area contributed by atoms with Gasteiger partial charge in [0.1, 0.15) is 0 Å². The van der Waals surface area contributed by atoms with Crippen molar-refractivity contribution < 1.29 is 4.74 Å². The molecule has 0 aliphatic carbocycles. The van der Waals surface area contributed by atoms with Gasteiger partial charge in [-0.05, 0) is 32.1 Å². The molecule has 1 atom stereocenters. The number of ether oxygens (including phenoxy) is 1. The van der Waals surface area contributed by atoms with Crippen molar-refractivity contribution in [2.75, 3.05) is 36.5 Å². The zero-order chi connectivity index (χ0) is 14.5. The molecule has 1 N–H and O–H groups in total. The second-order valence-corrected chi connectivity index (χ2v) is 5.44. The predicted molar refractivity (Wildman–Crippen MR) is 80.3 cm³/mol. The maximum Gasteiger partial charge on any atom is 0.323 e. The Bertz CT molecular complexity index is 413. The van der Waals surface area contributed by atoms with Crippen molar-refractivity contribution in [3.8, 4) is 6.01 Å². The maximum absolute atomic E-state index is 5.44. The zero-order valence-corrected chi connectivity index (χ0v) is 12.9. The molecular weight excluding hydrogens is 254 g/mol. The molecule has 2 rings (SSSR count). The van der Waals surface area contributed by atoms with Gasteiger partial charge >= 0.3 is 6.01 Å². The van der Waals surface area contributed by atoms with Crippen LogP contribution in [0.25, 0.3) is 0 Å². The van der Waals surface area contributed by atoms with E-state index < -0.39 is 0 Å². The summed E-state index contributed by atoms with van der Waals surface area (Å²) in [6, 6.07) is 0.404. The lowest BCUT2D eigenvalue weighted by Gasteiger charge is -2.19. The Labute approximate surface area is 121 Å². The molecule has 6 heteroatoms. The van der Waals surface area contributed by atoms with Crippen LogP contribution in [0.1, 0.15) is 34.1 Å². The Hall–Kier alpha value is -1.59. The summed E-state index contributed by atoms with van der Waals surface area (Å²) in [6.07, 6.45) is 1.20. The molecule has 0 amide bonds. The van der Waals surface area contributed by atoms with Crippen molar-refractivity contribution in [3.63, 3.8) is 0 Å². The predicted octanol–water partition coefficient (Wildman–Crippen LogP) is 2.18. The van der Waals surface area contributed by atoms with Gasteiger partial charge in [0.15, 0.2) is 0 Å². The van der Waals surface area contributed by atoms with Crippen LogP contribution in [-0.4, -0.2) is 41.2 Å². The Kier molecular flexibility index (Phi) is 4.98. The van der Waals surface area contributed by atoms with Crippen molar-refractivity contribution in [1.82, 2.24) is 15.0 Å². The average molecular weight is 279 g/mol. The summed E-state index contributed by atoms with van der Waals surface area (Å²) in [5.74, 6) is 2.72. The summed E-state index contributed by atoms with van der Waals surface area (Å²) < 4.78 is 5.44. The molecular formula is C14H25N5O. The average Bonchev–Trinajstić information content (AvgIpc) is 2.89. The van der Waals surface area contributed by atoms with Gasteiger partial charge in [0.25, 0.3) is 0 Å². The molecule has 1 aliphatic heterocycles. The first kappa shape index (κ1) is 14.8. The SMILES string of the molecule is CCNc1nc(OCC)nc(N2CCC(C(C)C)C2)n1. The first-order valence-electron chi connectivity index (χ1n) is 7.51. The molecule has 0 aromatic carbocycles. The highest BCUT2D eigenvalue weighted by molar-refractivity contribution is 5.39. The number of hydrogen-bond donors (Lipinski definition) is 1. The number of anilines is 2. The monoisotopic (exact) mass is 279 g/mol. The zero-order valence-electron chi connectivity index (χ0n) is 12.9. The number of hydrogen-bond acceptors (Lipinski definition) is 6. The second-order valence-electron chi connectivity index (χ2n) is 5.44. The van der Waals surface area contributed by atoms with E-state index in [0.29, 0.717) is 30.4 Å². The fourth-order valence-electron chi connectivity index (χ4n) is 2.43. The van der Waals surface area contributed by atoms with Crippen LogP contribution in [0.5, 0.6) is 6.01 Å². The largest absolute Gasteiger partial charge is 0.464 e. The molecule has 1 fully saturated rings. The molecule has 2 heterocycles. The van der Waals surface area contributed by atoms with Gasteiger partial charge in [-0.25, -0.2) is 0 Å². The molecule has 1 aromatic rings. The van der Waals surface area contributed by atoms with Gasteiger partial charge < -0.3 is 15.0 Å². The van der Waals surface area contributed by atoms with E-state index in [1.54, 1.807) is 0 Å². The molecule has 1 aliphatic rings. The second kappa shape index (κ2) is 6.72. The summed E-state index contributed by atoms with van der Waals surface area (Å²) in [5, 5.41) is 3.14. The van der Waals surface area contributed by atoms with E-state index in [1.165, 1.54) is 6.42 Å². The Morgan fingerprint density at radius 2 is 2.10 bits per heavy atom. The number of rotatable bonds is 6. The Balaban J connectivity index is 2.17. The van der Waals surface area contributed by atoms with Crippen molar-refractivity contribution >= 4 is 11.9 Å². The molecule has 0 saturated carbocycles. The van der Waals surface area contributed by atoms with Crippen LogP contribution in [0.15, 0.2) is 0 Å². The third-order valence-corrected chi connectivity index (χ3v) is 3.66. The minimum absolute atomic E-state index is 0.404. The molecule has 1 saturated heterocycles. The van der Waals surface area contributed by atoms with E-state index >= 15 is 0 Å². The van der Waals surface area contributed by atoms with Crippen molar-refractivity contribution in [1.29, 1.82) is 0 Å². The van der Waals surface area contributed by atoms with Gasteiger partial charge in [0.05, 0.1) is 6.61 Å². The summed E-state index contributed by atoms with van der Waals surface area (Å²) in [6.45, 7) is 11.9. The van der Waals surface area contributed by atoms with Gasteiger partial charge in [-0.15, -0.1) is 0 Å². The van der Waals surface area contributed by atoms with Gasteiger partial charge in [0, 0.05) is 19.6 Å². The minimum Gasteiger partial charge on any atom is -0.464 e. The molecule has 112 valence electrons. The van der Waals surface area contributed by atoms with Crippen molar-refractivity contribution in [2.45, 2.75) is 34.1 Å². The van der Waals surface area contributed by atoms with Crippen LogP contribution in [-0.2, 0) is 0 Å². The summed E-state index contributed by atoms with van der Waals surface area (Å²) in [7, 11) is 0. The first-order chi connectivity index (χ1) is 9.63. The van der Waals surface area contributed by atoms with Crippen LogP contribution in [0.2, 0.25) is 0 Å². The van der Waals surface area contributed by atoms with E-state index in [4.69, 9.17) is 4.74 Å². The third kappa shape index (κ3) is 3.49. The number of aromatic nitrogens is 3. The van der Waals surface area contributed by atoms with E-state index in [0.717, 1.165) is 25.6 Å². The standard InChI is InChI=1S/C14H25N5O/c1-5-15-12-16-13(18-14(17-12)20-6-2)19-8-7-11(9-19)10(3)4/h10-11H,5-9H2,1-4H3,(H,15,16,17,18). The van der Waals surface area contributed by atoms with Gasteiger partial charge in [0.2, 0.25) is 11.9 Å². The smallest absolute Gasteiger partial charge is 0.323 e. The normalized spacial score (nSPS) is 18.6. The van der Waals surface area contributed by atoms with Crippen molar-refractivity contribution in [3.05, 3.63) is 0 Å². The van der Waals surface area contributed by atoms with E-state index in [2.05, 4.69) is 39.0 Å². The van der Waals surface area contributed by atoms with E-state index in [-0.39, 0.29) is 0 Å². The first-order valence-corrected chi connectivity index (χ1v) is 7.51. The minimum atomic E-state index is 0.404. The highest BCUT2D eigenvalue weighted by atomic mass is 16.5. The fraction of sp³-hybridized carbons (Fsp3) is 0.786. The molecule has 0 spiro atoms. The van der Waals surface area contributed by atoms with Crippen LogP contribution in [0.4, 0.5) is 11.9 Å². The van der Waals surface area contributed by atoms with Gasteiger partial charge in [-0.3, -0.25) is 0 Å². The molecule has 1 aromatic heterocycles. The fourth-order valence-corrected chi connectivity index (χ4v) is 2.43. The van der Waals surface area contributed by atoms with Gasteiger partial charge in [-0.2, -0.15) is 15.0 Å². The van der Waals surface area contributed by atoms with E-state index in [1.807, 2.05) is 13.8 Å². The molecule has 1 unspecified atom stereocenters. The lowest BCUT2D eigenvalue weighted by Crippen LogP contribution is -2.24. The Morgan fingerprint density at radius 1 is 1.30 bits per heavy atom. The van der Waals surface area contributed by atoms with Crippen LogP contribution in [0, 0.1) is 11.8 Å². The van der Waals surface area contributed by atoms with E-state index in [9.17, 15) is 0 Å². The molecule has 0 radical (unpaired) electrons. The highest BCUT2D eigenvalue weighted by Crippen LogP contribution is 2.27. The quantitative estimate of drug-likeness (QED) is 0.861. The Morgan fingerprint density at radius 3 is 2.70 bits per heavy atom. The lowest BCUT2D eigenvalue weighted by atomic mass is 9.95. The van der Waals surface area contributed by atoms with Crippen LogP contribution >= 0.6 is 0 Å². The third-order valence-electron chi connectivity index (χ3n) is 3.66. The summed E-state index contributed by atoms with van der Waals surface area (Å²) in [4.78, 5) is 15.4. The van der Waals surface area contributed by atoms with Crippen molar-refractivity contribution in [2.24, 2.45) is 11.8 Å². The lowest BCUT2D eigenvalue weighted by molar-refractivity contribution is 0.312. The van der Waals surface area contributed by atoms with Crippen LogP contribution < -0.4 is 15.0 Å². The summed E-state index contributed by atoms with van der Waals surface area (Å²) in [5.41, 5.74) is 0. The molecule has 20 heavy (non-hydrogen) atoms. The number of nitrogens with zero attached hydrogens (tertiary/aromatic N) is 4. The molecule has 0 bridgehead atoms. The summed E-state index contributed by atoms with van der Waals surface area (Å²) >= 11 is 0. The number of nitrogens with one attached hydrogen (secondary N) is 1. The van der Waals surface area contributed by atoms with Gasteiger partial charge in [-0.1, -0.05) is 13.8 Å². The van der Waals surface area contributed by atoms with Crippen LogP contribution in [0.3, 0.4) is 0 Å². The molecule has 6 nitrogen and oxygen atoms in total. The highest BCUT2D eigenvalue weighted by Gasteiger charge is 2.27.